The Morgan fingerprint density at radius 2 is 1.61 bits per heavy atom. The van der Waals surface area contributed by atoms with Crippen molar-refractivity contribution in [2.75, 3.05) is 19.0 Å². The number of anilines is 1. The van der Waals surface area contributed by atoms with Crippen LogP contribution in [0.25, 0.3) is 11.1 Å². The van der Waals surface area contributed by atoms with Crippen LogP contribution in [-0.4, -0.2) is 49.6 Å². The first-order chi connectivity index (χ1) is 15.5. The zero-order chi connectivity index (χ0) is 24.4. The lowest BCUT2D eigenvalue weighted by atomic mass is 9.95. The van der Waals surface area contributed by atoms with Crippen molar-refractivity contribution in [2.45, 2.75) is 24.2 Å². The minimum Gasteiger partial charge on any atom is -0.362 e. The molecule has 7 nitrogen and oxygen atoms in total. The van der Waals surface area contributed by atoms with Gasteiger partial charge in [0.05, 0.1) is 6.54 Å². The van der Waals surface area contributed by atoms with Gasteiger partial charge in [-0.05, 0) is 17.2 Å². The lowest BCUT2D eigenvalue weighted by Crippen LogP contribution is -2.53. The van der Waals surface area contributed by atoms with Gasteiger partial charge in [-0.3, -0.25) is 14.4 Å². The fraction of sp³-hybridized carbons (Fsp3) is 0.286. The standard InChI is InChI=1S/C21H18F5N3O4/c1-33-16(18(31)27-10-20(22,23)21(24,25)26)19(32)29-15-13-8-3-2-6-11(13)12-7-4-5-9-14(12)28-17(15)30/h2-9,15-16H,10H2,1H3,(H,27,31)(H,28,30)(H,29,32)/t15?,16-/m0/s1. The smallest absolute Gasteiger partial charge is 0.362 e. The summed E-state index contributed by atoms with van der Waals surface area (Å²) in [4.78, 5) is 37.6. The number of amides is 3. The van der Waals surface area contributed by atoms with Crippen LogP contribution >= 0.6 is 0 Å². The molecule has 3 rings (SSSR count). The second-order valence-corrected chi connectivity index (χ2v) is 7.10. The number of hydrogen-bond donors (Lipinski definition) is 3. The van der Waals surface area contributed by atoms with Crippen LogP contribution in [-0.2, 0) is 19.1 Å². The van der Waals surface area contributed by atoms with Gasteiger partial charge in [0, 0.05) is 18.4 Å². The van der Waals surface area contributed by atoms with Gasteiger partial charge in [-0.25, -0.2) is 0 Å². The van der Waals surface area contributed by atoms with Gasteiger partial charge in [-0.15, -0.1) is 0 Å². The molecule has 1 aliphatic rings. The number of carbonyl (C=O) groups excluding carboxylic acids is 3. The fourth-order valence-corrected chi connectivity index (χ4v) is 3.25. The molecule has 3 N–H and O–H groups in total. The van der Waals surface area contributed by atoms with Gasteiger partial charge in [-0.2, -0.15) is 22.0 Å². The molecule has 33 heavy (non-hydrogen) atoms. The average Bonchev–Trinajstić information content (AvgIpc) is 2.87. The highest BCUT2D eigenvalue weighted by Crippen LogP contribution is 2.37. The molecular weight excluding hydrogens is 453 g/mol. The van der Waals surface area contributed by atoms with E-state index in [0.29, 0.717) is 22.4 Å². The Hall–Kier alpha value is -3.54. The van der Waals surface area contributed by atoms with E-state index in [1.165, 1.54) is 5.32 Å². The monoisotopic (exact) mass is 471 g/mol. The molecule has 0 saturated heterocycles. The van der Waals surface area contributed by atoms with E-state index in [0.717, 1.165) is 7.11 Å². The Bertz CT molecular complexity index is 1070. The van der Waals surface area contributed by atoms with Gasteiger partial charge < -0.3 is 20.7 Å². The molecule has 0 saturated carbocycles. The van der Waals surface area contributed by atoms with Crippen molar-refractivity contribution in [3.8, 4) is 11.1 Å². The highest BCUT2D eigenvalue weighted by molar-refractivity contribution is 6.08. The number of para-hydroxylation sites is 1. The fourth-order valence-electron chi connectivity index (χ4n) is 3.25. The van der Waals surface area contributed by atoms with Crippen molar-refractivity contribution in [1.29, 1.82) is 0 Å². The largest absolute Gasteiger partial charge is 0.455 e. The Morgan fingerprint density at radius 1 is 1.00 bits per heavy atom. The van der Waals surface area contributed by atoms with Crippen molar-refractivity contribution in [3.63, 3.8) is 0 Å². The molecule has 0 spiro atoms. The van der Waals surface area contributed by atoms with Crippen LogP contribution in [0.1, 0.15) is 11.6 Å². The lowest BCUT2D eigenvalue weighted by molar-refractivity contribution is -0.278. The molecule has 2 atom stereocenters. The number of methoxy groups -OCH3 is 1. The number of fused-ring (bicyclic) bond motifs is 3. The molecular formula is C21H18F5N3O4. The summed E-state index contributed by atoms with van der Waals surface area (Å²) in [5.74, 6) is -8.58. The first-order valence-electron chi connectivity index (χ1n) is 9.51. The Balaban J connectivity index is 1.81. The predicted molar refractivity (Wildman–Crippen MR) is 106 cm³/mol. The third kappa shape index (κ3) is 4.95. The maximum absolute atomic E-state index is 13.1. The Morgan fingerprint density at radius 3 is 2.24 bits per heavy atom. The molecule has 0 radical (unpaired) electrons. The number of hydrogen-bond acceptors (Lipinski definition) is 4. The second-order valence-electron chi connectivity index (χ2n) is 7.10. The number of nitrogens with one attached hydrogen (secondary N) is 3. The molecule has 1 unspecified atom stereocenters. The third-order valence-electron chi connectivity index (χ3n) is 4.91. The molecule has 1 heterocycles. The van der Waals surface area contributed by atoms with Crippen LogP contribution in [0.2, 0.25) is 0 Å². The highest BCUT2D eigenvalue weighted by atomic mass is 19.4. The SMILES string of the molecule is CO[C@@H](C(=O)NCC(F)(F)C(F)(F)F)C(=O)NC1C(=O)Nc2ccccc2-c2ccccc21. The molecule has 0 fully saturated rings. The van der Waals surface area contributed by atoms with Crippen molar-refractivity contribution in [1.82, 2.24) is 10.6 Å². The van der Waals surface area contributed by atoms with E-state index in [-0.39, 0.29) is 0 Å². The summed E-state index contributed by atoms with van der Waals surface area (Å²) in [5.41, 5.74) is 2.14. The molecule has 3 amide bonds. The lowest BCUT2D eigenvalue weighted by Gasteiger charge is -2.23. The topological polar surface area (TPSA) is 96.5 Å². The average molecular weight is 471 g/mol. The van der Waals surface area contributed by atoms with Crippen molar-refractivity contribution in [2.24, 2.45) is 0 Å². The number of benzene rings is 2. The van der Waals surface area contributed by atoms with Crippen LogP contribution in [0.4, 0.5) is 27.6 Å². The van der Waals surface area contributed by atoms with Crippen LogP contribution in [0.5, 0.6) is 0 Å². The van der Waals surface area contributed by atoms with Gasteiger partial charge >= 0.3 is 12.1 Å². The number of rotatable bonds is 6. The van der Waals surface area contributed by atoms with Gasteiger partial charge in [0.25, 0.3) is 17.7 Å². The summed E-state index contributed by atoms with van der Waals surface area (Å²) >= 11 is 0. The normalized spacial score (nSPS) is 16.5. The Kier molecular flexibility index (Phi) is 6.68. The minimum absolute atomic E-state index is 0.382. The summed E-state index contributed by atoms with van der Waals surface area (Å²) in [6.07, 6.45) is -7.97. The van der Waals surface area contributed by atoms with Crippen LogP contribution < -0.4 is 16.0 Å². The van der Waals surface area contributed by atoms with E-state index >= 15 is 0 Å². The zero-order valence-electron chi connectivity index (χ0n) is 17.0. The van der Waals surface area contributed by atoms with E-state index < -0.39 is 48.5 Å². The first kappa shape index (κ1) is 24.1. The second kappa shape index (κ2) is 9.14. The summed E-state index contributed by atoms with van der Waals surface area (Å²) in [7, 11) is 0.892. The molecule has 2 aromatic carbocycles. The van der Waals surface area contributed by atoms with Crippen molar-refractivity contribution < 1.29 is 41.1 Å². The van der Waals surface area contributed by atoms with Crippen molar-refractivity contribution >= 4 is 23.4 Å². The van der Waals surface area contributed by atoms with Gasteiger partial charge in [0.1, 0.15) is 6.04 Å². The van der Waals surface area contributed by atoms with Crippen molar-refractivity contribution in [3.05, 3.63) is 54.1 Å². The van der Waals surface area contributed by atoms with Gasteiger partial charge in [0.15, 0.2) is 0 Å². The number of carbonyl (C=O) groups is 3. The zero-order valence-corrected chi connectivity index (χ0v) is 17.0. The van der Waals surface area contributed by atoms with Gasteiger partial charge in [-0.1, -0.05) is 42.5 Å². The number of alkyl halides is 5. The van der Waals surface area contributed by atoms with E-state index in [9.17, 15) is 36.3 Å². The third-order valence-corrected chi connectivity index (χ3v) is 4.91. The number of ether oxygens (including phenoxy) is 1. The summed E-state index contributed by atoms with van der Waals surface area (Å²) in [6, 6.07) is 12.2. The molecule has 0 bridgehead atoms. The molecule has 2 aromatic rings. The first-order valence-corrected chi connectivity index (χ1v) is 9.51. The van der Waals surface area contributed by atoms with E-state index in [4.69, 9.17) is 4.74 Å². The predicted octanol–water partition coefficient (Wildman–Crippen LogP) is 2.79. The van der Waals surface area contributed by atoms with Crippen LogP contribution in [0, 0.1) is 0 Å². The van der Waals surface area contributed by atoms with E-state index in [2.05, 4.69) is 10.6 Å². The minimum atomic E-state index is -5.89. The quantitative estimate of drug-likeness (QED) is 0.446. The van der Waals surface area contributed by atoms with Crippen LogP contribution in [0.15, 0.2) is 48.5 Å². The molecule has 176 valence electrons. The number of halogens is 5. The van der Waals surface area contributed by atoms with E-state index in [1.54, 1.807) is 48.5 Å². The molecule has 1 aliphatic heterocycles. The summed E-state index contributed by atoms with van der Waals surface area (Å²) in [5, 5.41) is 6.33. The molecule has 12 heteroatoms. The summed E-state index contributed by atoms with van der Waals surface area (Å²) < 4.78 is 67.8. The van der Waals surface area contributed by atoms with Crippen LogP contribution in [0.3, 0.4) is 0 Å². The highest BCUT2D eigenvalue weighted by Gasteiger charge is 2.57. The maximum Gasteiger partial charge on any atom is 0.455 e. The van der Waals surface area contributed by atoms with E-state index in [1.807, 2.05) is 0 Å². The molecule has 0 aliphatic carbocycles. The Labute approximate surface area is 184 Å². The van der Waals surface area contributed by atoms with Gasteiger partial charge in [0.2, 0.25) is 6.10 Å². The maximum atomic E-state index is 13.1. The summed E-state index contributed by atoms with van der Waals surface area (Å²) in [6.45, 7) is -2.08. The molecule has 0 aromatic heterocycles.